The van der Waals surface area contributed by atoms with E-state index in [0.29, 0.717) is 6.42 Å². The lowest BCUT2D eigenvalue weighted by molar-refractivity contribution is -0.136. The van der Waals surface area contributed by atoms with E-state index in [9.17, 15) is 4.79 Å². The van der Waals surface area contributed by atoms with Gasteiger partial charge < -0.3 is 5.11 Å². The van der Waals surface area contributed by atoms with Crippen LogP contribution in [-0.4, -0.2) is 19.9 Å². The molecule has 0 bridgehead atoms. The molecule has 0 saturated carbocycles. The number of hydrogen-bond acceptors (Lipinski definition) is 1. The third kappa shape index (κ3) is 2.33. The number of carbonyl (C=O) groups is 1. The molecule has 1 atom stereocenters. The van der Waals surface area contributed by atoms with Crippen LogP contribution in [0.15, 0.2) is 0 Å². The minimum absolute atomic E-state index is 0.225. The van der Waals surface area contributed by atoms with Crippen molar-refractivity contribution in [2.24, 2.45) is 0 Å². The van der Waals surface area contributed by atoms with Gasteiger partial charge in [0.25, 0.3) is 0 Å². The molecule has 0 fully saturated rings. The Morgan fingerprint density at radius 3 is 2.50 bits per heavy atom. The highest BCUT2D eigenvalue weighted by molar-refractivity contribution is 6.95. The number of rotatable bonds is 3. The van der Waals surface area contributed by atoms with Gasteiger partial charge in [-0.15, -0.1) is 0 Å². The summed E-state index contributed by atoms with van der Waals surface area (Å²) in [4.78, 5) is 10.1. The summed E-state index contributed by atoms with van der Waals surface area (Å²) in [6.45, 7) is 1.84. The second-order valence-corrected chi connectivity index (χ2v) is 3.82. The molecule has 0 aliphatic rings. The first-order valence-electron chi connectivity index (χ1n) is 2.51. The van der Waals surface area contributed by atoms with Crippen LogP contribution in [0.2, 0.25) is 5.54 Å². The van der Waals surface area contributed by atoms with Crippen molar-refractivity contribution in [3.8, 4) is 0 Å². The van der Waals surface area contributed by atoms with Crippen molar-refractivity contribution in [1.82, 2.24) is 0 Å². The van der Waals surface area contributed by atoms with Gasteiger partial charge in [-0.2, -0.15) is 11.1 Å². The molecule has 0 aliphatic carbocycles. The lowest BCUT2D eigenvalue weighted by Gasteiger charge is -2.00. The lowest BCUT2D eigenvalue weighted by Crippen LogP contribution is -2.09. The minimum atomic E-state index is -0.847. The smallest absolute Gasteiger partial charge is 0.304 e. The van der Waals surface area contributed by atoms with Crippen molar-refractivity contribution in [3.05, 3.63) is 0 Å². The van der Waals surface area contributed by atoms with Crippen LogP contribution >= 0.6 is 11.1 Å². The molecule has 48 valence electrons. The maximum Gasteiger partial charge on any atom is 0.304 e. The maximum atomic E-state index is 10.1. The fourth-order valence-corrected chi connectivity index (χ4v) is 1.75. The van der Waals surface area contributed by atoms with Crippen LogP contribution in [0.1, 0.15) is 13.3 Å². The molecule has 2 nitrogen and oxygen atoms in total. The number of hydrogen-bond donors (Lipinski definition) is 1. The molecule has 0 saturated heterocycles. The van der Waals surface area contributed by atoms with Gasteiger partial charge in [0, 0.05) is 0 Å². The first-order chi connectivity index (χ1) is 3.72. The summed E-state index contributed by atoms with van der Waals surface area (Å²) in [5, 5.41) is 8.32. The highest BCUT2D eigenvalue weighted by Crippen LogP contribution is 2.08. The number of carboxylic acid groups (broad SMARTS) is 1. The second kappa shape index (κ2) is 3.92. The summed E-state index contributed by atoms with van der Waals surface area (Å²) < 4.78 is 0. The fourth-order valence-electron chi connectivity index (χ4n) is 0.350. The highest BCUT2D eigenvalue weighted by Gasteiger charge is 2.12. The largest absolute Gasteiger partial charge is 0.481 e. The van der Waals surface area contributed by atoms with Crippen molar-refractivity contribution in [3.63, 3.8) is 0 Å². The van der Waals surface area contributed by atoms with E-state index in [1.165, 1.54) is 0 Å². The SMILES string of the molecule is CCC([SiH2]Cl)C(=O)O. The zero-order valence-electron chi connectivity index (χ0n) is 4.72. The van der Waals surface area contributed by atoms with Gasteiger partial charge in [-0.05, 0) is 6.42 Å². The first-order valence-corrected chi connectivity index (χ1v) is 5.46. The van der Waals surface area contributed by atoms with Gasteiger partial charge in [0.1, 0.15) is 8.83 Å². The summed E-state index contributed by atoms with van der Waals surface area (Å²) >= 11 is 5.42. The first kappa shape index (κ1) is 7.98. The Morgan fingerprint density at radius 1 is 2.00 bits per heavy atom. The predicted molar refractivity (Wildman–Crippen MR) is 36.1 cm³/mol. The van der Waals surface area contributed by atoms with E-state index in [1.54, 1.807) is 0 Å². The molecule has 0 aromatic carbocycles. The second-order valence-electron chi connectivity index (χ2n) is 1.60. The molecule has 0 radical (unpaired) electrons. The summed E-state index contributed by atoms with van der Waals surface area (Å²) in [6, 6.07) is 0. The Kier molecular flexibility index (Phi) is 3.91. The number of halogens is 1. The minimum Gasteiger partial charge on any atom is -0.481 e. The van der Waals surface area contributed by atoms with Crippen LogP contribution in [0.5, 0.6) is 0 Å². The van der Waals surface area contributed by atoms with Crippen LogP contribution in [0.3, 0.4) is 0 Å². The third-order valence-electron chi connectivity index (χ3n) is 1.03. The predicted octanol–water partition coefficient (Wildman–Crippen LogP) is 0.592. The van der Waals surface area contributed by atoms with Crippen LogP contribution in [0.25, 0.3) is 0 Å². The molecule has 0 amide bonds. The van der Waals surface area contributed by atoms with Crippen LogP contribution in [0.4, 0.5) is 0 Å². The van der Waals surface area contributed by atoms with Gasteiger partial charge in [-0.25, -0.2) is 0 Å². The van der Waals surface area contributed by atoms with Gasteiger partial charge in [-0.3, -0.25) is 4.79 Å². The summed E-state index contributed by atoms with van der Waals surface area (Å²) in [5.74, 6) is -0.742. The Hall–Kier alpha value is -0.0231. The summed E-state index contributed by atoms with van der Waals surface area (Å²) in [7, 11) is -0.847. The van der Waals surface area contributed by atoms with E-state index in [-0.39, 0.29) is 5.54 Å². The molecule has 0 spiro atoms. The molecule has 1 N–H and O–H groups in total. The molecule has 1 unspecified atom stereocenters. The van der Waals surface area contributed by atoms with Crippen molar-refractivity contribution in [2.75, 3.05) is 0 Å². The number of carboxylic acids is 1. The molecule has 0 aromatic heterocycles. The summed E-state index contributed by atoms with van der Waals surface area (Å²) in [5.41, 5.74) is -0.225. The zero-order valence-corrected chi connectivity index (χ0v) is 6.90. The van der Waals surface area contributed by atoms with Crippen molar-refractivity contribution >= 4 is 25.9 Å². The molecule has 0 aromatic rings. The summed E-state index contributed by atoms with van der Waals surface area (Å²) in [6.07, 6.45) is 0.672. The molecule has 0 heterocycles. The molecular formula is C4H9ClO2Si. The topological polar surface area (TPSA) is 37.3 Å². The Labute approximate surface area is 55.4 Å². The average molecular weight is 153 g/mol. The van der Waals surface area contributed by atoms with E-state index >= 15 is 0 Å². The molecule has 8 heavy (non-hydrogen) atoms. The highest BCUT2D eigenvalue weighted by atomic mass is 35.6. The third-order valence-corrected chi connectivity index (χ3v) is 3.44. The Bertz CT molecular complexity index is 82.1. The molecule has 4 heteroatoms. The van der Waals surface area contributed by atoms with Gasteiger partial charge >= 0.3 is 5.97 Å². The van der Waals surface area contributed by atoms with E-state index < -0.39 is 14.8 Å². The van der Waals surface area contributed by atoms with Crippen LogP contribution in [0, 0.1) is 0 Å². The monoisotopic (exact) mass is 152 g/mol. The van der Waals surface area contributed by atoms with E-state index in [4.69, 9.17) is 16.2 Å². The van der Waals surface area contributed by atoms with Gasteiger partial charge in [-0.1, -0.05) is 6.92 Å². The van der Waals surface area contributed by atoms with E-state index in [2.05, 4.69) is 0 Å². The van der Waals surface area contributed by atoms with E-state index in [1.807, 2.05) is 6.92 Å². The van der Waals surface area contributed by atoms with Gasteiger partial charge in [0.15, 0.2) is 0 Å². The standard InChI is InChI=1S/C4H9ClO2Si/c1-2-3(8-5)4(6)7/h3H,2,8H2,1H3,(H,6,7). The molecule has 0 aliphatic heterocycles. The molecular weight excluding hydrogens is 144 g/mol. The quantitative estimate of drug-likeness (QED) is 0.475. The van der Waals surface area contributed by atoms with Crippen LogP contribution < -0.4 is 0 Å². The van der Waals surface area contributed by atoms with Crippen molar-refractivity contribution < 1.29 is 9.90 Å². The van der Waals surface area contributed by atoms with E-state index in [0.717, 1.165) is 0 Å². The zero-order chi connectivity index (χ0) is 6.57. The van der Waals surface area contributed by atoms with Crippen LogP contribution in [-0.2, 0) is 4.79 Å². The Morgan fingerprint density at radius 2 is 2.50 bits per heavy atom. The molecule has 0 rings (SSSR count). The van der Waals surface area contributed by atoms with Gasteiger partial charge in [0.05, 0.1) is 5.54 Å². The van der Waals surface area contributed by atoms with Gasteiger partial charge in [0.2, 0.25) is 0 Å². The normalized spacial score (nSPS) is 14.8. The average Bonchev–Trinajstić information content (AvgIpc) is 1.69. The lowest BCUT2D eigenvalue weighted by atomic mass is 10.3. The van der Waals surface area contributed by atoms with Crippen molar-refractivity contribution in [1.29, 1.82) is 0 Å². The maximum absolute atomic E-state index is 10.1. The Balaban J connectivity index is 3.52. The number of aliphatic carboxylic acids is 1. The fraction of sp³-hybridized carbons (Fsp3) is 0.750. The van der Waals surface area contributed by atoms with Crippen molar-refractivity contribution in [2.45, 2.75) is 18.9 Å².